The first-order valence-corrected chi connectivity index (χ1v) is 7.65. The third-order valence-electron chi connectivity index (χ3n) is 3.84. The van der Waals surface area contributed by atoms with Gasteiger partial charge in [-0.15, -0.1) is 9.24 Å². The normalized spacial score (nSPS) is 11.5. The maximum Gasteiger partial charge on any atom is 0.123 e. The summed E-state index contributed by atoms with van der Waals surface area (Å²) in [5, 5.41) is -0.952. The summed E-state index contributed by atoms with van der Waals surface area (Å²) in [5.74, 6) is -1.20. The summed E-state index contributed by atoms with van der Waals surface area (Å²) in [7, 11) is 2.63. The third kappa shape index (κ3) is 3.02. The van der Waals surface area contributed by atoms with Gasteiger partial charge < -0.3 is 0 Å². The van der Waals surface area contributed by atoms with Crippen molar-refractivity contribution in [2.24, 2.45) is 0 Å². The predicted molar refractivity (Wildman–Crippen MR) is 88.8 cm³/mol. The van der Waals surface area contributed by atoms with Crippen molar-refractivity contribution in [2.75, 3.05) is 0 Å². The molecule has 0 spiro atoms. The Morgan fingerprint density at radius 2 is 0.870 bits per heavy atom. The van der Waals surface area contributed by atoms with E-state index < -0.39 is 22.6 Å². The van der Waals surface area contributed by atoms with Crippen molar-refractivity contribution in [3.8, 4) is 0 Å². The predicted octanol–water partition coefficient (Wildman–Crippen LogP) is 5.27. The summed E-state index contributed by atoms with van der Waals surface area (Å²) < 4.78 is 41.2. The molecule has 0 fully saturated rings. The molecule has 0 saturated carbocycles. The minimum absolute atomic E-state index is 0.401. The zero-order valence-corrected chi connectivity index (χ0v) is 13.3. The first-order chi connectivity index (χ1) is 11.0. The van der Waals surface area contributed by atoms with Gasteiger partial charge in [0.2, 0.25) is 0 Å². The van der Waals surface area contributed by atoms with E-state index in [1.165, 1.54) is 36.4 Å². The first-order valence-electron chi connectivity index (χ1n) is 7.07. The highest BCUT2D eigenvalue weighted by Crippen LogP contribution is 2.45. The van der Waals surface area contributed by atoms with E-state index in [9.17, 15) is 13.2 Å². The standard InChI is InChI=1S/C19H14F3P/c20-16-7-1-4-13(10-16)19(23,14-5-2-8-17(21)11-14)15-6-3-9-18(22)12-15/h1-12H,23H2. The maximum absolute atomic E-state index is 13.7. The van der Waals surface area contributed by atoms with Crippen molar-refractivity contribution >= 4 is 9.24 Å². The zero-order valence-electron chi connectivity index (χ0n) is 12.1. The van der Waals surface area contributed by atoms with Crippen molar-refractivity contribution in [3.05, 3.63) is 107 Å². The van der Waals surface area contributed by atoms with Gasteiger partial charge in [0.15, 0.2) is 0 Å². The minimum atomic E-state index is -0.952. The van der Waals surface area contributed by atoms with Crippen molar-refractivity contribution in [2.45, 2.75) is 5.16 Å². The molecule has 1 unspecified atom stereocenters. The lowest BCUT2D eigenvalue weighted by molar-refractivity contribution is 0.616. The summed E-state index contributed by atoms with van der Waals surface area (Å²) >= 11 is 0. The molecule has 0 heterocycles. The van der Waals surface area contributed by atoms with Crippen molar-refractivity contribution in [1.82, 2.24) is 0 Å². The van der Waals surface area contributed by atoms with Gasteiger partial charge >= 0.3 is 0 Å². The van der Waals surface area contributed by atoms with Crippen LogP contribution in [0, 0.1) is 17.5 Å². The molecule has 0 aliphatic rings. The van der Waals surface area contributed by atoms with Gasteiger partial charge in [0.1, 0.15) is 17.5 Å². The molecular formula is C19H14F3P. The fraction of sp³-hybridized carbons (Fsp3) is 0.0526. The number of halogens is 3. The zero-order chi connectivity index (χ0) is 16.4. The third-order valence-corrected chi connectivity index (χ3v) is 4.84. The van der Waals surface area contributed by atoms with Crippen LogP contribution in [-0.2, 0) is 5.16 Å². The minimum Gasteiger partial charge on any atom is -0.207 e. The fourth-order valence-corrected chi connectivity index (χ4v) is 3.24. The molecule has 3 rings (SSSR count). The van der Waals surface area contributed by atoms with E-state index in [0.717, 1.165) is 0 Å². The smallest absolute Gasteiger partial charge is 0.123 e. The Morgan fingerprint density at radius 3 is 1.13 bits per heavy atom. The van der Waals surface area contributed by atoms with Crippen LogP contribution in [0.5, 0.6) is 0 Å². The molecule has 4 heteroatoms. The van der Waals surface area contributed by atoms with Gasteiger partial charge in [-0.3, -0.25) is 0 Å². The van der Waals surface area contributed by atoms with E-state index >= 15 is 0 Å². The van der Waals surface area contributed by atoms with Gasteiger partial charge in [-0.25, -0.2) is 13.2 Å². The van der Waals surface area contributed by atoms with E-state index in [1.54, 1.807) is 36.4 Å². The highest BCUT2D eigenvalue weighted by atomic mass is 31.0. The molecule has 0 aliphatic heterocycles. The topological polar surface area (TPSA) is 0 Å². The highest BCUT2D eigenvalue weighted by molar-refractivity contribution is 7.19. The maximum atomic E-state index is 13.7. The van der Waals surface area contributed by atoms with Crippen LogP contribution in [0.1, 0.15) is 16.7 Å². The van der Waals surface area contributed by atoms with Crippen LogP contribution in [0.2, 0.25) is 0 Å². The Hall–Kier alpha value is -2.12. The van der Waals surface area contributed by atoms with Crippen LogP contribution < -0.4 is 0 Å². The average molecular weight is 330 g/mol. The second-order valence-electron chi connectivity index (χ2n) is 5.34. The number of rotatable bonds is 3. The quantitative estimate of drug-likeness (QED) is 0.453. The number of benzene rings is 3. The Labute approximate surface area is 135 Å². The van der Waals surface area contributed by atoms with Crippen LogP contribution in [0.15, 0.2) is 72.8 Å². The van der Waals surface area contributed by atoms with E-state index in [-0.39, 0.29) is 0 Å². The van der Waals surface area contributed by atoms with Gasteiger partial charge in [0, 0.05) is 0 Å². The van der Waals surface area contributed by atoms with Crippen LogP contribution in [0.3, 0.4) is 0 Å². The number of hydrogen-bond donors (Lipinski definition) is 0. The van der Waals surface area contributed by atoms with E-state index in [0.29, 0.717) is 16.7 Å². The molecule has 0 N–H and O–H groups in total. The molecule has 116 valence electrons. The highest BCUT2D eigenvalue weighted by Gasteiger charge is 2.32. The molecule has 3 aromatic rings. The van der Waals surface area contributed by atoms with Crippen molar-refractivity contribution in [3.63, 3.8) is 0 Å². The molecule has 0 nitrogen and oxygen atoms in total. The average Bonchev–Trinajstić information content (AvgIpc) is 2.54. The van der Waals surface area contributed by atoms with Crippen LogP contribution in [0.25, 0.3) is 0 Å². The van der Waals surface area contributed by atoms with E-state index in [1.807, 2.05) is 0 Å². The van der Waals surface area contributed by atoms with Crippen molar-refractivity contribution in [1.29, 1.82) is 0 Å². The second kappa shape index (κ2) is 6.17. The molecule has 0 radical (unpaired) electrons. The largest absolute Gasteiger partial charge is 0.207 e. The Morgan fingerprint density at radius 1 is 0.565 bits per heavy atom. The second-order valence-corrected chi connectivity index (χ2v) is 6.21. The molecule has 23 heavy (non-hydrogen) atoms. The van der Waals surface area contributed by atoms with Gasteiger partial charge in [-0.1, -0.05) is 36.4 Å². The molecule has 0 aromatic heterocycles. The van der Waals surface area contributed by atoms with E-state index in [2.05, 4.69) is 9.24 Å². The van der Waals surface area contributed by atoms with Crippen molar-refractivity contribution < 1.29 is 13.2 Å². The Kier molecular flexibility index (Phi) is 4.23. The number of hydrogen-bond acceptors (Lipinski definition) is 0. The molecule has 3 aromatic carbocycles. The summed E-state index contributed by atoms with van der Waals surface area (Å²) in [6.07, 6.45) is 0. The lowest BCUT2D eigenvalue weighted by atomic mass is 9.84. The van der Waals surface area contributed by atoms with Crippen LogP contribution >= 0.6 is 9.24 Å². The van der Waals surface area contributed by atoms with Gasteiger partial charge in [-0.2, -0.15) is 0 Å². The molecule has 0 aliphatic carbocycles. The van der Waals surface area contributed by atoms with Crippen LogP contribution in [0.4, 0.5) is 13.2 Å². The Balaban J connectivity index is 2.29. The van der Waals surface area contributed by atoms with Crippen LogP contribution in [-0.4, -0.2) is 0 Å². The monoisotopic (exact) mass is 330 g/mol. The summed E-state index contributed by atoms with van der Waals surface area (Å²) in [6.45, 7) is 0. The summed E-state index contributed by atoms with van der Waals surface area (Å²) in [5.41, 5.74) is 1.79. The molecular weight excluding hydrogens is 316 g/mol. The summed E-state index contributed by atoms with van der Waals surface area (Å²) in [6, 6.07) is 18.1. The lowest BCUT2D eigenvalue weighted by Crippen LogP contribution is -2.22. The fourth-order valence-electron chi connectivity index (χ4n) is 2.70. The molecule has 0 bridgehead atoms. The SMILES string of the molecule is Fc1cccc(C(P)(c2cccc(F)c2)c2cccc(F)c2)c1. The van der Waals surface area contributed by atoms with Gasteiger partial charge in [-0.05, 0) is 53.1 Å². The molecule has 1 atom stereocenters. The van der Waals surface area contributed by atoms with Gasteiger partial charge in [0.05, 0.1) is 5.16 Å². The van der Waals surface area contributed by atoms with Gasteiger partial charge in [0.25, 0.3) is 0 Å². The lowest BCUT2D eigenvalue weighted by Gasteiger charge is -2.31. The molecule has 0 amide bonds. The first kappa shape index (κ1) is 15.8. The molecule has 0 saturated heterocycles. The Bertz CT molecular complexity index is 734. The van der Waals surface area contributed by atoms with E-state index in [4.69, 9.17) is 0 Å². The summed E-state index contributed by atoms with van der Waals surface area (Å²) in [4.78, 5) is 0.